The first-order valence-corrected chi connectivity index (χ1v) is 9.25. The van der Waals surface area contributed by atoms with Crippen LogP contribution in [0, 0.1) is 17.8 Å². The van der Waals surface area contributed by atoms with Gasteiger partial charge in [-0.05, 0) is 24.0 Å². The maximum absolute atomic E-state index is 13.1. The maximum atomic E-state index is 13.1. The Morgan fingerprint density at radius 3 is 2.48 bits per heavy atom. The quantitative estimate of drug-likeness (QED) is 0.332. The zero-order valence-electron chi connectivity index (χ0n) is 15.4. The van der Waals surface area contributed by atoms with Crippen molar-refractivity contribution in [1.29, 1.82) is 0 Å². The van der Waals surface area contributed by atoms with Crippen LogP contribution in [0.1, 0.15) is 35.2 Å². The van der Waals surface area contributed by atoms with E-state index >= 15 is 0 Å². The van der Waals surface area contributed by atoms with Gasteiger partial charge in [-0.25, -0.2) is 0 Å². The predicted octanol–water partition coefficient (Wildman–Crippen LogP) is -0.723. The summed E-state index contributed by atoms with van der Waals surface area (Å²) < 4.78 is 0. The summed E-state index contributed by atoms with van der Waals surface area (Å²) in [5, 5.41) is 53.5. The van der Waals surface area contributed by atoms with E-state index in [-0.39, 0.29) is 23.3 Å². The van der Waals surface area contributed by atoms with Gasteiger partial charge in [0.05, 0.1) is 17.8 Å². The summed E-state index contributed by atoms with van der Waals surface area (Å²) in [4.78, 5) is 37.7. The number of carbonyl (C=O) groups excluding carboxylic acids is 3. The van der Waals surface area contributed by atoms with Gasteiger partial charge >= 0.3 is 0 Å². The van der Waals surface area contributed by atoms with E-state index in [1.165, 1.54) is 6.07 Å². The van der Waals surface area contributed by atoms with E-state index < -0.39 is 64.7 Å². The number of aliphatic hydroxyl groups excluding tert-OH is 3. The fourth-order valence-corrected chi connectivity index (χ4v) is 5.26. The first-order valence-electron chi connectivity index (χ1n) is 9.25. The molecule has 0 aliphatic heterocycles. The minimum Gasteiger partial charge on any atom is -0.508 e. The van der Waals surface area contributed by atoms with Crippen LogP contribution in [0.15, 0.2) is 29.5 Å². The van der Waals surface area contributed by atoms with Gasteiger partial charge in [-0.1, -0.05) is 19.1 Å². The van der Waals surface area contributed by atoms with Crippen LogP contribution < -0.4 is 5.73 Å². The van der Waals surface area contributed by atoms with Crippen molar-refractivity contribution in [2.75, 3.05) is 0 Å². The molecule has 3 aliphatic rings. The van der Waals surface area contributed by atoms with E-state index in [9.17, 15) is 39.9 Å². The monoisotopic (exact) mass is 403 g/mol. The highest BCUT2D eigenvalue weighted by Crippen LogP contribution is 2.54. The van der Waals surface area contributed by atoms with Gasteiger partial charge in [-0.15, -0.1) is 0 Å². The molecule has 1 fully saturated rings. The van der Waals surface area contributed by atoms with Crippen LogP contribution in [0.2, 0.25) is 0 Å². The third-order valence-electron chi connectivity index (χ3n) is 6.69. The molecule has 9 nitrogen and oxygen atoms in total. The molecule has 0 aromatic heterocycles. The molecule has 1 aromatic rings. The van der Waals surface area contributed by atoms with Crippen molar-refractivity contribution in [3.05, 3.63) is 40.7 Å². The number of hydrogen-bond donors (Lipinski definition) is 6. The Morgan fingerprint density at radius 1 is 1.21 bits per heavy atom. The van der Waals surface area contributed by atoms with Gasteiger partial charge in [-0.3, -0.25) is 14.4 Å². The molecule has 29 heavy (non-hydrogen) atoms. The number of phenols is 1. The van der Waals surface area contributed by atoms with E-state index in [0.717, 1.165) is 0 Å². The van der Waals surface area contributed by atoms with E-state index in [0.29, 0.717) is 5.56 Å². The van der Waals surface area contributed by atoms with Crippen LogP contribution >= 0.6 is 0 Å². The number of aromatic hydroxyl groups is 1. The summed E-state index contributed by atoms with van der Waals surface area (Å²) in [6, 6.07) is 4.45. The highest BCUT2D eigenvalue weighted by atomic mass is 16.4. The molecular weight excluding hydrogens is 382 g/mol. The largest absolute Gasteiger partial charge is 0.508 e. The van der Waals surface area contributed by atoms with Gasteiger partial charge in [0.25, 0.3) is 0 Å². The van der Waals surface area contributed by atoms with E-state index in [4.69, 9.17) is 5.73 Å². The fourth-order valence-electron chi connectivity index (χ4n) is 5.26. The lowest BCUT2D eigenvalue weighted by atomic mass is 9.55. The Labute approximate surface area is 165 Å². The minimum atomic E-state index is -2.75. The lowest BCUT2D eigenvalue weighted by molar-refractivity contribution is -0.179. The Morgan fingerprint density at radius 2 is 1.86 bits per heavy atom. The number of aliphatic hydroxyl groups is 4. The summed E-state index contributed by atoms with van der Waals surface area (Å²) in [7, 11) is 0. The SMILES string of the molecule is CC1c2cccc(O)c2C(=O)C2=C(O)C3(O)C(=O)C(C(N)=O)C(O)CC3C(O)C21. The highest BCUT2D eigenvalue weighted by molar-refractivity contribution is 6.15. The topological polar surface area (TPSA) is 178 Å². The molecule has 7 unspecified atom stereocenters. The number of primary amides is 1. The molecule has 0 spiro atoms. The molecule has 4 rings (SSSR count). The van der Waals surface area contributed by atoms with Crippen molar-refractivity contribution in [1.82, 2.24) is 0 Å². The molecule has 3 aliphatic carbocycles. The Hall–Kier alpha value is -2.75. The van der Waals surface area contributed by atoms with Crippen LogP contribution in [0.5, 0.6) is 5.75 Å². The lowest BCUT2D eigenvalue weighted by Crippen LogP contribution is -2.67. The molecule has 154 valence electrons. The van der Waals surface area contributed by atoms with Gasteiger partial charge < -0.3 is 31.3 Å². The molecule has 1 saturated carbocycles. The number of fused-ring (bicyclic) bond motifs is 3. The van der Waals surface area contributed by atoms with Crippen molar-refractivity contribution < 1.29 is 39.9 Å². The molecular formula is C20H21NO8. The second-order valence-corrected chi connectivity index (χ2v) is 8.06. The Bertz CT molecular complexity index is 985. The van der Waals surface area contributed by atoms with Gasteiger partial charge in [0, 0.05) is 17.4 Å². The second-order valence-electron chi connectivity index (χ2n) is 8.06. The number of nitrogens with two attached hydrogens (primary N) is 1. The van der Waals surface area contributed by atoms with Crippen LogP contribution in [0.25, 0.3) is 0 Å². The van der Waals surface area contributed by atoms with E-state index in [1.807, 2.05) is 0 Å². The molecule has 1 amide bonds. The Kier molecular flexibility index (Phi) is 4.13. The van der Waals surface area contributed by atoms with Gasteiger partial charge in [-0.2, -0.15) is 0 Å². The van der Waals surface area contributed by atoms with E-state index in [2.05, 4.69) is 0 Å². The van der Waals surface area contributed by atoms with Crippen molar-refractivity contribution in [3.63, 3.8) is 0 Å². The third-order valence-corrected chi connectivity index (χ3v) is 6.69. The second kappa shape index (κ2) is 6.12. The summed E-state index contributed by atoms with van der Waals surface area (Å²) in [5.41, 5.74) is 2.43. The van der Waals surface area contributed by atoms with Crippen molar-refractivity contribution in [2.24, 2.45) is 23.5 Å². The number of Topliss-reactive ketones (excluding diaryl/α,β-unsaturated/α-hetero) is 2. The van der Waals surface area contributed by atoms with E-state index in [1.54, 1.807) is 19.1 Å². The fraction of sp³-hybridized carbons (Fsp3) is 0.450. The highest BCUT2D eigenvalue weighted by Gasteiger charge is 2.65. The van der Waals surface area contributed by atoms with Crippen molar-refractivity contribution in [2.45, 2.75) is 37.1 Å². The zero-order valence-corrected chi connectivity index (χ0v) is 15.4. The first-order chi connectivity index (χ1) is 13.5. The van der Waals surface area contributed by atoms with Gasteiger partial charge in [0.2, 0.25) is 5.91 Å². The number of carbonyl (C=O) groups is 3. The van der Waals surface area contributed by atoms with Crippen LogP contribution in [-0.2, 0) is 9.59 Å². The van der Waals surface area contributed by atoms with Gasteiger partial charge in [0.1, 0.15) is 17.4 Å². The molecule has 0 heterocycles. The number of phenolic OH excluding ortho intramolecular Hbond substituents is 1. The number of rotatable bonds is 1. The number of amides is 1. The number of benzene rings is 1. The normalized spacial score (nSPS) is 38.9. The smallest absolute Gasteiger partial charge is 0.230 e. The minimum absolute atomic E-state index is 0.0817. The van der Waals surface area contributed by atoms with Gasteiger partial charge in [0.15, 0.2) is 17.2 Å². The maximum Gasteiger partial charge on any atom is 0.230 e. The third kappa shape index (κ3) is 2.29. The number of ketones is 2. The molecule has 7 N–H and O–H groups in total. The summed E-state index contributed by atoms with van der Waals surface area (Å²) in [6.07, 6.45) is -3.40. The average molecular weight is 403 g/mol. The summed E-state index contributed by atoms with van der Waals surface area (Å²) in [5.74, 6) is -9.23. The Balaban J connectivity index is 1.97. The van der Waals surface area contributed by atoms with Crippen LogP contribution in [0.4, 0.5) is 0 Å². The molecule has 7 atom stereocenters. The van der Waals surface area contributed by atoms with Crippen molar-refractivity contribution in [3.8, 4) is 5.75 Å². The summed E-state index contributed by atoms with van der Waals surface area (Å²) in [6.45, 7) is 1.68. The molecule has 1 aromatic carbocycles. The lowest BCUT2D eigenvalue weighted by Gasteiger charge is -2.52. The number of hydrogen-bond acceptors (Lipinski definition) is 8. The molecule has 9 heteroatoms. The van der Waals surface area contributed by atoms with Crippen LogP contribution in [0.3, 0.4) is 0 Å². The summed E-state index contributed by atoms with van der Waals surface area (Å²) >= 11 is 0. The average Bonchev–Trinajstić information content (AvgIpc) is 2.65. The zero-order chi connectivity index (χ0) is 21.4. The van der Waals surface area contributed by atoms with Crippen molar-refractivity contribution >= 4 is 17.5 Å². The predicted molar refractivity (Wildman–Crippen MR) is 96.8 cm³/mol. The molecule has 0 bridgehead atoms. The molecule has 0 radical (unpaired) electrons. The van der Waals surface area contributed by atoms with Crippen LogP contribution in [-0.4, -0.2) is 60.8 Å². The molecule has 0 saturated heterocycles. The first kappa shape index (κ1) is 19.6. The standard InChI is InChI=1S/C20H21NO8/c1-6-7-3-2-4-9(22)12(7)16(25)14-11(6)15(24)8-5-10(23)13(19(21)28)17(26)20(8,29)18(14)27/h2-4,6,8,10-11,13,15,22-24,27,29H,5H2,1H3,(H2,21,28).